The normalized spacial score (nSPS) is 22.1. The second kappa shape index (κ2) is 3.79. The summed E-state index contributed by atoms with van der Waals surface area (Å²) in [6, 6.07) is 0. The van der Waals surface area contributed by atoms with E-state index in [1.165, 1.54) is 6.39 Å². The monoisotopic (exact) mass is 183 g/mol. The van der Waals surface area contributed by atoms with Crippen LogP contribution in [0.1, 0.15) is 18.5 Å². The minimum absolute atomic E-state index is 0.226. The van der Waals surface area contributed by atoms with E-state index in [4.69, 9.17) is 13.9 Å². The van der Waals surface area contributed by atoms with Crippen molar-refractivity contribution in [3.05, 3.63) is 12.1 Å². The van der Waals surface area contributed by atoms with Gasteiger partial charge in [-0.25, -0.2) is 4.98 Å². The van der Waals surface area contributed by atoms with E-state index in [2.05, 4.69) is 4.98 Å². The number of rotatable bonds is 3. The predicted octanol–water partition coefficient (Wildman–Crippen LogP) is 1.54. The molecule has 1 unspecified atom stereocenters. The number of hydrogen-bond donors (Lipinski definition) is 0. The molecular formula is C9H13NO3. The van der Waals surface area contributed by atoms with Crippen LogP contribution in [0.4, 0.5) is 0 Å². The van der Waals surface area contributed by atoms with Gasteiger partial charge in [0, 0.05) is 6.61 Å². The van der Waals surface area contributed by atoms with Gasteiger partial charge in [-0.1, -0.05) is 0 Å². The average Bonchev–Trinajstić information content (AvgIpc) is 2.72. The van der Waals surface area contributed by atoms with Crippen LogP contribution >= 0.6 is 0 Å². The lowest BCUT2D eigenvalue weighted by Gasteiger charge is -2.08. The molecule has 13 heavy (non-hydrogen) atoms. The topological polar surface area (TPSA) is 44.5 Å². The van der Waals surface area contributed by atoms with Gasteiger partial charge in [0.25, 0.3) is 0 Å². The van der Waals surface area contributed by atoms with Crippen LogP contribution < -0.4 is 4.74 Å². The molecule has 1 aliphatic rings. The van der Waals surface area contributed by atoms with Gasteiger partial charge in [0.05, 0.1) is 6.10 Å². The van der Waals surface area contributed by atoms with Gasteiger partial charge in [0.1, 0.15) is 12.3 Å². The van der Waals surface area contributed by atoms with Crippen LogP contribution in [0.15, 0.2) is 10.8 Å². The van der Waals surface area contributed by atoms with Crippen molar-refractivity contribution < 1.29 is 13.9 Å². The van der Waals surface area contributed by atoms with E-state index in [0.29, 0.717) is 12.6 Å². The van der Waals surface area contributed by atoms with Crippen molar-refractivity contribution in [1.29, 1.82) is 0 Å². The SMILES string of the molecule is Cc1ncoc1OCC1CCCO1. The van der Waals surface area contributed by atoms with Crippen LogP contribution in [0.3, 0.4) is 0 Å². The molecule has 1 aliphatic heterocycles. The highest BCUT2D eigenvalue weighted by Crippen LogP contribution is 2.18. The van der Waals surface area contributed by atoms with Crippen LogP contribution in [0.25, 0.3) is 0 Å². The Morgan fingerprint density at radius 3 is 3.23 bits per heavy atom. The summed E-state index contributed by atoms with van der Waals surface area (Å²) in [5.41, 5.74) is 0.790. The highest BCUT2D eigenvalue weighted by molar-refractivity contribution is 5.10. The van der Waals surface area contributed by atoms with Crippen molar-refractivity contribution in [1.82, 2.24) is 4.98 Å². The fraction of sp³-hybridized carbons (Fsp3) is 0.667. The molecule has 1 aromatic heterocycles. The predicted molar refractivity (Wildman–Crippen MR) is 45.7 cm³/mol. The number of aryl methyl sites for hydroxylation is 1. The summed E-state index contributed by atoms with van der Waals surface area (Å²) in [5.74, 6) is 0.510. The number of oxazole rings is 1. The van der Waals surface area contributed by atoms with Crippen molar-refractivity contribution in [3.8, 4) is 5.95 Å². The van der Waals surface area contributed by atoms with Crippen molar-refractivity contribution in [3.63, 3.8) is 0 Å². The summed E-state index contributed by atoms with van der Waals surface area (Å²) in [6.45, 7) is 3.27. The first-order chi connectivity index (χ1) is 6.36. The van der Waals surface area contributed by atoms with E-state index in [9.17, 15) is 0 Å². The third-order valence-electron chi connectivity index (χ3n) is 2.13. The summed E-state index contributed by atoms with van der Waals surface area (Å²) in [4.78, 5) is 3.93. The maximum absolute atomic E-state index is 5.41. The standard InChI is InChI=1S/C9H13NO3/c1-7-9(13-6-10-7)12-5-8-3-2-4-11-8/h6,8H,2-5H2,1H3. The summed E-state index contributed by atoms with van der Waals surface area (Å²) in [7, 11) is 0. The Bertz CT molecular complexity index is 266. The second-order valence-corrected chi connectivity index (χ2v) is 3.17. The molecule has 0 aliphatic carbocycles. The van der Waals surface area contributed by atoms with E-state index in [1.807, 2.05) is 6.92 Å². The first-order valence-electron chi connectivity index (χ1n) is 4.51. The number of hydrogen-bond acceptors (Lipinski definition) is 4. The minimum atomic E-state index is 0.226. The third kappa shape index (κ3) is 2.01. The molecule has 0 N–H and O–H groups in total. The maximum Gasteiger partial charge on any atom is 0.308 e. The molecule has 72 valence electrons. The van der Waals surface area contributed by atoms with Crippen LogP contribution in [0.2, 0.25) is 0 Å². The molecule has 1 aromatic rings. The maximum atomic E-state index is 5.41. The van der Waals surface area contributed by atoms with Gasteiger partial charge < -0.3 is 13.9 Å². The van der Waals surface area contributed by atoms with Gasteiger partial charge >= 0.3 is 5.95 Å². The van der Waals surface area contributed by atoms with Crippen LogP contribution in [0.5, 0.6) is 5.95 Å². The summed E-state index contributed by atoms with van der Waals surface area (Å²) < 4.78 is 15.8. The van der Waals surface area contributed by atoms with E-state index >= 15 is 0 Å². The highest BCUT2D eigenvalue weighted by Gasteiger charge is 2.17. The Hall–Kier alpha value is -1.03. The molecule has 0 spiro atoms. The van der Waals surface area contributed by atoms with Gasteiger partial charge in [0.15, 0.2) is 6.39 Å². The summed E-state index contributed by atoms with van der Waals surface area (Å²) >= 11 is 0. The molecule has 2 rings (SSSR count). The molecule has 1 fully saturated rings. The number of nitrogens with zero attached hydrogens (tertiary/aromatic N) is 1. The van der Waals surface area contributed by atoms with Crippen molar-refractivity contribution in [2.75, 3.05) is 13.2 Å². The molecule has 0 aromatic carbocycles. The van der Waals surface area contributed by atoms with E-state index in [1.54, 1.807) is 0 Å². The van der Waals surface area contributed by atoms with Gasteiger partial charge in [-0.05, 0) is 19.8 Å². The minimum Gasteiger partial charge on any atom is -0.461 e. The Balaban J connectivity index is 1.82. The molecule has 2 heterocycles. The number of ether oxygens (including phenoxy) is 2. The molecular weight excluding hydrogens is 170 g/mol. The Labute approximate surface area is 76.9 Å². The molecule has 4 heteroatoms. The quantitative estimate of drug-likeness (QED) is 0.713. The first kappa shape index (κ1) is 8.56. The third-order valence-corrected chi connectivity index (χ3v) is 2.13. The van der Waals surface area contributed by atoms with Crippen molar-refractivity contribution in [2.24, 2.45) is 0 Å². The first-order valence-corrected chi connectivity index (χ1v) is 4.51. The van der Waals surface area contributed by atoms with Crippen LogP contribution in [-0.2, 0) is 4.74 Å². The zero-order chi connectivity index (χ0) is 9.10. The van der Waals surface area contributed by atoms with E-state index in [0.717, 1.165) is 25.1 Å². The molecule has 1 saturated heterocycles. The van der Waals surface area contributed by atoms with Crippen molar-refractivity contribution >= 4 is 0 Å². The molecule has 4 nitrogen and oxygen atoms in total. The zero-order valence-corrected chi connectivity index (χ0v) is 7.66. The van der Waals surface area contributed by atoms with Crippen LogP contribution in [0, 0.1) is 6.92 Å². The smallest absolute Gasteiger partial charge is 0.308 e. The van der Waals surface area contributed by atoms with E-state index < -0.39 is 0 Å². The lowest BCUT2D eigenvalue weighted by molar-refractivity contribution is 0.0586. The van der Waals surface area contributed by atoms with Gasteiger partial charge in [-0.15, -0.1) is 0 Å². The van der Waals surface area contributed by atoms with E-state index in [-0.39, 0.29) is 6.10 Å². The fourth-order valence-electron chi connectivity index (χ4n) is 1.37. The number of aromatic nitrogens is 1. The zero-order valence-electron chi connectivity index (χ0n) is 7.66. The van der Waals surface area contributed by atoms with Gasteiger partial charge in [0.2, 0.25) is 0 Å². The lowest BCUT2D eigenvalue weighted by atomic mass is 10.2. The molecule has 1 atom stereocenters. The Morgan fingerprint density at radius 2 is 2.62 bits per heavy atom. The largest absolute Gasteiger partial charge is 0.461 e. The lowest BCUT2D eigenvalue weighted by Crippen LogP contribution is -2.16. The second-order valence-electron chi connectivity index (χ2n) is 3.17. The summed E-state index contributed by atoms with van der Waals surface area (Å²) in [6.07, 6.45) is 3.82. The molecule has 0 amide bonds. The highest BCUT2D eigenvalue weighted by atomic mass is 16.6. The molecule has 0 radical (unpaired) electrons. The van der Waals surface area contributed by atoms with Gasteiger partial charge in [-0.2, -0.15) is 0 Å². The van der Waals surface area contributed by atoms with Gasteiger partial charge in [-0.3, -0.25) is 0 Å². The van der Waals surface area contributed by atoms with Crippen LogP contribution in [-0.4, -0.2) is 24.3 Å². The summed E-state index contributed by atoms with van der Waals surface area (Å²) in [5, 5.41) is 0. The fourth-order valence-corrected chi connectivity index (χ4v) is 1.37. The average molecular weight is 183 g/mol. The van der Waals surface area contributed by atoms with Crippen molar-refractivity contribution in [2.45, 2.75) is 25.9 Å². The Morgan fingerprint density at radius 1 is 1.69 bits per heavy atom. The molecule has 0 saturated carbocycles. The Kier molecular flexibility index (Phi) is 2.49. The molecule has 0 bridgehead atoms.